The molecule has 0 unspecified atom stereocenters. The molecular weight excluding hydrogens is 358 g/mol. The Kier molecular flexibility index (Phi) is 6.91. The largest absolute Gasteiger partial charge is 0.497 e. The van der Waals surface area contributed by atoms with E-state index in [0.717, 1.165) is 43.9 Å². The van der Waals surface area contributed by atoms with E-state index in [-0.39, 0.29) is 36.3 Å². The maximum Gasteiger partial charge on any atom is 0.246 e. The highest BCUT2D eigenvalue weighted by atomic mass is 16.5. The quantitative estimate of drug-likeness (QED) is 0.789. The molecule has 0 radical (unpaired) electrons. The lowest BCUT2D eigenvalue weighted by atomic mass is 9.87. The summed E-state index contributed by atoms with van der Waals surface area (Å²) in [5.74, 6) is 0.843. The molecule has 1 aliphatic carbocycles. The Labute approximate surface area is 167 Å². The molecule has 1 heterocycles. The Morgan fingerprint density at radius 1 is 1.07 bits per heavy atom. The van der Waals surface area contributed by atoms with Crippen LogP contribution in [-0.2, 0) is 14.3 Å². The molecule has 1 saturated carbocycles. The minimum Gasteiger partial charge on any atom is -0.497 e. The Balaban J connectivity index is 1.76. The van der Waals surface area contributed by atoms with Crippen LogP contribution in [0.5, 0.6) is 5.75 Å². The second-order valence-corrected chi connectivity index (χ2v) is 7.78. The molecule has 1 N–H and O–H groups in total. The van der Waals surface area contributed by atoms with Crippen LogP contribution in [0.25, 0.3) is 0 Å². The Morgan fingerprint density at radius 2 is 1.75 bits per heavy atom. The van der Waals surface area contributed by atoms with Gasteiger partial charge in [-0.2, -0.15) is 0 Å². The molecular formula is C21H31N3O4. The van der Waals surface area contributed by atoms with Crippen molar-refractivity contribution in [2.24, 2.45) is 5.92 Å². The van der Waals surface area contributed by atoms with Crippen LogP contribution in [0.1, 0.15) is 24.3 Å². The highest BCUT2D eigenvalue weighted by Gasteiger charge is 2.42. The fourth-order valence-electron chi connectivity index (χ4n) is 4.31. The first kappa shape index (κ1) is 20.6. The summed E-state index contributed by atoms with van der Waals surface area (Å²) in [7, 11) is 5.23. The Hall–Kier alpha value is -2.12. The van der Waals surface area contributed by atoms with Gasteiger partial charge in [0.25, 0.3) is 0 Å². The summed E-state index contributed by atoms with van der Waals surface area (Å²) < 4.78 is 10.2. The van der Waals surface area contributed by atoms with Gasteiger partial charge in [-0.25, -0.2) is 0 Å². The predicted molar refractivity (Wildman–Crippen MR) is 106 cm³/mol. The number of benzene rings is 1. The van der Waals surface area contributed by atoms with Crippen molar-refractivity contribution in [1.82, 2.24) is 15.1 Å². The predicted octanol–water partition coefficient (Wildman–Crippen LogP) is 1.09. The van der Waals surface area contributed by atoms with Crippen molar-refractivity contribution < 1.29 is 19.1 Å². The molecule has 1 aliphatic heterocycles. The van der Waals surface area contributed by atoms with Gasteiger partial charge in [0.1, 0.15) is 12.4 Å². The average molecular weight is 389 g/mol. The van der Waals surface area contributed by atoms with E-state index in [1.807, 2.05) is 29.2 Å². The van der Waals surface area contributed by atoms with Crippen LogP contribution in [0.4, 0.5) is 0 Å². The number of carbonyl (C=O) groups excluding carboxylic acids is 2. The monoisotopic (exact) mass is 389 g/mol. The zero-order valence-electron chi connectivity index (χ0n) is 17.0. The first-order chi connectivity index (χ1) is 13.5. The normalized spacial score (nSPS) is 25.5. The van der Waals surface area contributed by atoms with Gasteiger partial charge in [-0.1, -0.05) is 12.1 Å². The fourth-order valence-corrected chi connectivity index (χ4v) is 4.31. The van der Waals surface area contributed by atoms with Gasteiger partial charge >= 0.3 is 0 Å². The number of ether oxygens (including phenoxy) is 2. The summed E-state index contributed by atoms with van der Waals surface area (Å²) in [6, 6.07) is 7.92. The number of methoxy groups -OCH3 is 2. The molecule has 1 aromatic rings. The number of nitrogens with zero attached hydrogens (tertiary/aromatic N) is 2. The van der Waals surface area contributed by atoms with Crippen LogP contribution in [0, 0.1) is 5.92 Å². The number of piperazine rings is 1. The lowest BCUT2D eigenvalue weighted by Crippen LogP contribution is -2.49. The van der Waals surface area contributed by atoms with E-state index in [2.05, 4.69) is 17.3 Å². The standard InChI is InChI=1S/C21H31N3O4/c1-23-8-10-24(11-9-23)21(26)19-13-16(22-20(25)14-27-2)12-18(19)15-4-6-17(28-3)7-5-15/h4-7,16,18-19H,8-14H2,1-3H3,(H,22,25)/t16-,18+,19-/m0/s1. The van der Waals surface area contributed by atoms with E-state index in [1.165, 1.54) is 7.11 Å². The molecule has 0 aromatic heterocycles. The van der Waals surface area contributed by atoms with E-state index in [4.69, 9.17) is 9.47 Å². The molecule has 1 saturated heterocycles. The van der Waals surface area contributed by atoms with Crippen LogP contribution < -0.4 is 10.1 Å². The van der Waals surface area contributed by atoms with Crippen LogP contribution in [0.15, 0.2) is 24.3 Å². The van der Waals surface area contributed by atoms with Gasteiger partial charge in [0, 0.05) is 45.2 Å². The van der Waals surface area contributed by atoms with Crippen LogP contribution >= 0.6 is 0 Å². The number of hydrogen-bond acceptors (Lipinski definition) is 5. The molecule has 0 bridgehead atoms. The minimum atomic E-state index is -0.131. The molecule has 1 aromatic carbocycles. The zero-order valence-corrected chi connectivity index (χ0v) is 17.0. The van der Waals surface area contributed by atoms with Crippen molar-refractivity contribution in [2.75, 3.05) is 54.1 Å². The van der Waals surface area contributed by atoms with Crippen molar-refractivity contribution in [3.05, 3.63) is 29.8 Å². The van der Waals surface area contributed by atoms with Gasteiger partial charge in [0.05, 0.1) is 7.11 Å². The molecule has 3 rings (SSSR count). The van der Waals surface area contributed by atoms with Crippen molar-refractivity contribution >= 4 is 11.8 Å². The summed E-state index contributed by atoms with van der Waals surface area (Å²) in [5.41, 5.74) is 1.12. The van der Waals surface area contributed by atoms with Crippen molar-refractivity contribution in [3.63, 3.8) is 0 Å². The smallest absolute Gasteiger partial charge is 0.246 e. The third-order valence-electron chi connectivity index (χ3n) is 5.88. The highest BCUT2D eigenvalue weighted by Crippen LogP contribution is 2.41. The maximum absolute atomic E-state index is 13.3. The van der Waals surface area contributed by atoms with E-state index >= 15 is 0 Å². The van der Waals surface area contributed by atoms with Gasteiger partial charge in [-0.3, -0.25) is 9.59 Å². The van der Waals surface area contributed by atoms with E-state index in [0.29, 0.717) is 6.42 Å². The Morgan fingerprint density at radius 3 is 2.36 bits per heavy atom. The van der Waals surface area contributed by atoms with E-state index in [9.17, 15) is 9.59 Å². The summed E-state index contributed by atoms with van der Waals surface area (Å²) in [6.45, 7) is 3.38. The number of nitrogens with one attached hydrogen (secondary N) is 1. The van der Waals surface area contributed by atoms with Crippen molar-refractivity contribution in [1.29, 1.82) is 0 Å². The van der Waals surface area contributed by atoms with Crippen molar-refractivity contribution in [3.8, 4) is 5.75 Å². The molecule has 154 valence electrons. The number of likely N-dealkylation sites (N-methyl/N-ethyl adjacent to an activating group) is 1. The highest BCUT2D eigenvalue weighted by molar-refractivity contribution is 5.81. The average Bonchev–Trinajstić information content (AvgIpc) is 3.12. The number of carbonyl (C=O) groups is 2. The molecule has 2 amide bonds. The second kappa shape index (κ2) is 9.39. The summed E-state index contributed by atoms with van der Waals surface area (Å²) >= 11 is 0. The van der Waals surface area contributed by atoms with E-state index < -0.39 is 0 Å². The van der Waals surface area contributed by atoms with Gasteiger partial charge in [-0.15, -0.1) is 0 Å². The maximum atomic E-state index is 13.3. The molecule has 2 fully saturated rings. The fraction of sp³-hybridized carbons (Fsp3) is 0.619. The SMILES string of the molecule is COCC(=O)N[C@@H]1C[C@H](C(=O)N2CCN(C)CC2)[C@@H](c2ccc(OC)cc2)C1. The van der Waals surface area contributed by atoms with Crippen LogP contribution in [0.3, 0.4) is 0 Å². The third kappa shape index (κ3) is 4.83. The molecule has 2 aliphatic rings. The molecule has 28 heavy (non-hydrogen) atoms. The minimum absolute atomic E-state index is 0.0174. The molecule has 7 nitrogen and oxygen atoms in total. The molecule has 0 spiro atoms. The van der Waals surface area contributed by atoms with Crippen molar-refractivity contribution in [2.45, 2.75) is 24.8 Å². The first-order valence-electron chi connectivity index (χ1n) is 9.91. The third-order valence-corrected chi connectivity index (χ3v) is 5.88. The van der Waals surface area contributed by atoms with Gasteiger partial charge in [0.15, 0.2) is 0 Å². The van der Waals surface area contributed by atoms with E-state index in [1.54, 1.807) is 7.11 Å². The number of rotatable bonds is 6. The Bertz CT molecular complexity index is 671. The summed E-state index contributed by atoms with van der Waals surface area (Å²) in [5, 5.41) is 3.03. The first-order valence-corrected chi connectivity index (χ1v) is 9.91. The summed E-state index contributed by atoms with van der Waals surface area (Å²) in [4.78, 5) is 29.5. The second-order valence-electron chi connectivity index (χ2n) is 7.78. The lowest BCUT2D eigenvalue weighted by Gasteiger charge is -2.35. The van der Waals surface area contributed by atoms with Crippen LogP contribution in [-0.4, -0.2) is 81.7 Å². The van der Waals surface area contributed by atoms with Gasteiger partial charge in [-0.05, 0) is 43.5 Å². The number of hydrogen-bond donors (Lipinski definition) is 1. The molecule has 3 atom stereocenters. The lowest BCUT2D eigenvalue weighted by molar-refractivity contribution is -0.137. The topological polar surface area (TPSA) is 71.1 Å². The molecule has 7 heteroatoms. The zero-order chi connectivity index (χ0) is 20.1. The number of amides is 2. The van der Waals surface area contributed by atoms with Gasteiger partial charge in [0.2, 0.25) is 11.8 Å². The van der Waals surface area contributed by atoms with Crippen LogP contribution in [0.2, 0.25) is 0 Å². The summed E-state index contributed by atoms with van der Waals surface area (Å²) in [6.07, 6.45) is 1.42. The van der Waals surface area contributed by atoms with Gasteiger partial charge < -0.3 is 24.6 Å².